The molecule has 0 saturated carbocycles. The van der Waals surface area contributed by atoms with E-state index in [2.05, 4.69) is 27.9 Å². The number of amides is 1. The van der Waals surface area contributed by atoms with Gasteiger partial charge in [0.1, 0.15) is 11.6 Å². The second-order valence-corrected chi connectivity index (χ2v) is 8.08. The molecule has 0 aromatic carbocycles. The molecule has 0 N–H and O–H groups in total. The summed E-state index contributed by atoms with van der Waals surface area (Å²) in [6, 6.07) is 10.1. The van der Waals surface area contributed by atoms with Crippen molar-refractivity contribution in [1.29, 1.82) is 0 Å². The zero-order valence-electron chi connectivity index (χ0n) is 18.3. The third kappa shape index (κ3) is 4.99. The summed E-state index contributed by atoms with van der Waals surface area (Å²) in [5, 5.41) is 0. The lowest BCUT2D eigenvalue weighted by Gasteiger charge is -2.26. The highest BCUT2D eigenvalue weighted by molar-refractivity contribution is 5.77. The van der Waals surface area contributed by atoms with E-state index in [4.69, 9.17) is 4.98 Å². The molecule has 3 aromatic heterocycles. The summed E-state index contributed by atoms with van der Waals surface area (Å²) < 4.78 is 2.03. The van der Waals surface area contributed by atoms with Crippen molar-refractivity contribution in [3.63, 3.8) is 0 Å². The highest BCUT2D eigenvalue weighted by Gasteiger charge is 2.31. The van der Waals surface area contributed by atoms with E-state index in [9.17, 15) is 4.79 Å². The van der Waals surface area contributed by atoms with Gasteiger partial charge in [-0.25, -0.2) is 9.97 Å². The van der Waals surface area contributed by atoms with E-state index in [1.807, 2.05) is 53.2 Å². The Morgan fingerprint density at radius 3 is 2.94 bits per heavy atom. The molecule has 31 heavy (non-hydrogen) atoms. The molecular formula is C24H30N6O. The fraction of sp³-hybridized carbons (Fsp3) is 0.417. The minimum absolute atomic E-state index is 0.0460. The van der Waals surface area contributed by atoms with Gasteiger partial charge in [0.25, 0.3) is 0 Å². The number of nitrogens with zero attached hydrogens (tertiary/aromatic N) is 6. The molecular weight excluding hydrogens is 388 g/mol. The number of imidazole rings is 1. The Kier molecular flexibility index (Phi) is 6.72. The Labute approximate surface area is 183 Å². The standard InChI is InChI=1S/C24H30N6O/c1-3-22-26-13-16-30(22)23-10-4-8-20(27-23)21-9-6-14-29(21)24(31)11-15-28(2)18-19-7-5-12-25-17-19/h4-5,7-8,10,12-13,16-17,21H,3,6,9,11,14-15,18H2,1-2H3/t21-/m1/s1. The third-order valence-corrected chi connectivity index (χ3v) is 5.83. The SMILES string of the molecule is CCc1nccn1-c1cccc([C@H]2CCCN2C(=O)CCN(C)Cc2cccnc2)n1. The van der Waals surface area contributed by atoms with E-state index < -0.39 is 0 Å². The number of hydrogen-bond donors (Lipinski definition) is 0. The minimum Gasteiger partial charge on any atom is -0.334 e. The Morgan fingerprint density at radius 2 is 2.13 bits per heavy atom. The van der Waals surface area contributed by atoms with Crippen molar-refractivity contribution in [3.8, 4) is 5.82 Å². The summed E-state index contributed by atoms with van der Waals surface area (Å²) in [6.45, 7) is 4.40. The van der Waals surface area contributed by atoms with Crippen molar-refractivity contribution in [2.75, 3.05) is 20.1 Å². The number of aromatic nitrogens is 4. The number of likely N-dealkylation sites (tertiary alicyclic amines) is 1. The highest BCUT2D eigenvalue weighted by atomic mass is 16.2. The zero-order chi connectivity index (χ0) is 21.6. The van der Waals surface area contributed by atoms with Gasteiger partial charge >= 0.3 is 0 Å². The fourth-order valence-corrected chi connectivity index (χ4v) is 4.25. The van der Waals surface area contributed by atoms with Gasteiger partial charge in [-0.15, -0.1) is 0 Å². The van der Waals surface area contributed by atoms with E-state index in [0.29, 0.717) is 6.42 Å². The van der Waals surface area contributed by atoms with Gasteiger partial charge in [0.15, 0.2) is 0 Å². The molecule has 1 atom stereocenters. The van der Waals surface area contributed by atoms with E-state index in [1.165, 1.54) is 0 Å². The van der Waals surface area contributed by atoms with Crippen LogP contribution in [-0.4, -0.2) is 55.4 Å². The number of aryl methyl sites for hydroxylation is 1. The van der Waals surface area contributed by atoms with E-state index in [0.717, 1.165) is 61.8 Å². The first kappa shape index (κ1) is 21.2. The lowest BCUT2D eigenvalue weighted by Crippen LogP contribution is -2.33. The van der Waals surface area contributed by atoms with Crippen LogP contribution in [0.3, 0.4) is 0 Å². The quantitative estimate of drug-likeness (QED) is 0.561. The molecule has 1 aliphatic rings. The van der Waals surface area contributed by atoms with Crippen LogP contribution in [0.25, 0.3) is 5.82 Å². The molecule has 4 rings (SSSR count). The van der Waals surface area contributed by atoms with Gasteiger partial charge in [-0.1, -0.05) is 19.1 Å². The molecule has 7 heteroatoms. The van der Waals surface area contributed by atoms with Gasteiger partial charge in [0.05, 0.1) is 11.7 Å². The molecule has 1 fully saturated rings. The van der Waals surface area contributed by atoms with Crippen LogP contribution in [0.1, 0.15) is 49.3 Å². The molecule has 0 radical (unpaired) electrons. The van der Waals surface area contributed by atoms with Crippen LogP contribution < -0.4 is 0 Å². The number of carbonyl (C=O) groups excluding carboxylic acids is 1. The number of rotatable bonds is 8. The Hall–Kier alpha value is -3.06. The van der Waals surface area contributed by atoms with Gasteiger partial charge < -0.3 is 9.80 Å². The second-order valence-electron chi connectivity index (χ2n) is 8.08. The van der Waals surface area contributed by atoms with Crippen molar-refractivity contribution in [1.82, 2.24) is 29.3 Å². The van der Waals surface area contributed by atoms with Crippen LogP contribution in [0.15, 0.2) is 55.1 Å². The molecule has 1 saturated heterocycles. The molecule has 7 nitrogen and oxygen atoms in total. The Morgan fingerprint density at radius 1 is 1.23 bits per heavy atom. The lowest BCUT2D eigenvalue weighted by molar-refractivity contribution is -0.132. The first-order chi connectivity index (χ1) is 15.2. The van der Waals surface area contributed by atoms with Crippen LogP contribution in [0.4, 0.5) is 0 Å². The van der Waals surface area contributed by atoms with Crippen molar-refractivity contribution >= 4 is 5.91 Å². The van der Waals surface area contributed by atoms with Gasteiger partial charge in [-0.3, -0.25) is 14.3 Å². The van der Waals surface area contributed by atoms with Crippen molar-refractivity contribution in [3.05, 3.63) is 72.2 Å². The lowest BCUT2D eigenvalue weighted by atomic mass is 10.1. The number of hydrogen-bond acceptors (Lipinski definition) is 5. The fourth-order valence-electron chi connectivity index (χ4n) is 4.25. The smallest absolute Gasteiger partial charge is 0.224 e. The Bertz CT molecular complexity index is 1000. The van der Waals surface area contributed by atoms with E-state index in [-0.39, 0.29) is 11.9 Å². The predicted molar refractivity (Wildman–Crippen MR) is 120 cm³/mol. The van der Waals surface area contributed by atoms with E-state index in [1.54, 1.807) is 12.4 Å². The Balaban J connectivity index is 1.41. The third-order valence-electron chi connectivity index (χ3n) is 5.83. The van der Waals surface area contributed by atoms with Gasteiger partial charge in [0, 0.05) is 57.3 Å². The van der Waals surface area contributed by atoms with Crippen molar-refractivity contribution in [2.24, 2.45) is 0 Å². The summed E-state index contributed by atoms with van der Waals surface area (Å²) in [4.78, 5) is 30.7. The molecule has 0 spiro atoms. The normalized spacial score (nSPS) is 16.2. The van der Waals surface area contributed by atoms with Crippen molar-refractivity contribution < 1.29 is 4.79 Å². The molecule has 0 bridgehead atoms. The molecule has 1 aliphatic heterocycles. The number of pyridine rings is 2. The summed E-state index contributed by atoms with van der Waals surface area (Å²) in [6.07, 6.45) is 10.7. The first-order valence-corrected chi connectivity index (χ1v) is 11.0. The van der Waals surface area contributed by atoms with Gasteiger partial charge in [0.2, 0.25) is 5.91 Å². The van der Waals surface area contributed by atoms with Crippen LogP contribution in [0.2, 0.25) is 0 Å². The molecule has 0 aliphatic carbocycles. The maximum Gasteiger partial charge on any atom is 0.224 e. The number of carbonyl (C=O) groups is 1. The summed E-state index contributed by atoms with van der Waals surface area (Å²) in [5.41, 5.74) is 2.12. The highest BCUT2D eigenvalue weighted by Crippen LogP contribution is 2.31. The first-order valence-electron chi connectivity index (χ1n) is 11.0. The molecule has 0 unspecified atom stereocenters. The van der Waals surface area contributed by atoms with Gasteiger partial charge in [-0.2, -0.15) is 0 Å². The summed E-state index contributed by atoms with van der Waals surface area (Å²) in [5.74, 6) is 2.05. The minimum atomic E-state index is 0.0460. The van der Waals surface area contributed by atoms with Crippen molar-refractivity contribution in [2.45, 2.75) is 45.2 Å². The van der Waals surface area contributed by atoms with Crippen LogP contribution in [0.5, 0.6) is 0 Å². The molecule has 3 aromatic rings. The molecule has 1 amide bonds. The topological polar surface area (TPSA) is 67.2 Å². The monoisotopic (exact) mass is 418 g/mol. The summed E-state index contributed by atoms with van der Waals surface area (Å²) >= 11 is 0. The predicted octanol–water partition coefficient (Wildman–Crippen LogP) is 3.41. The van der Waals surface area contributed by atoms with Crippen LogP contribution in [0, 0.1) is 0 Å². The molecule has 4 heterocycles. The molecule has 162 valence electrons. The average molecular weight is 419 g/mol. The van der Waals surface area contributed by atoms with Gasteiger partial charge in [-0.05, 0) is 43.7 Å². The largest absolute Gasteiger partial charge is 0.334 e. The maximum atomic E-state index is 13.0. The van der Waals surface area contributed by atoms with E-state index >= 15 is 0 Å². The summed E-state index contributed by atoms with van der Waals surface area (Å²) in [7, 11) is 2.04. The second kappa shape index (κ2) is 9.83. The average Bonchev–Trinajstić information content (AvgIpc) is 3.48. The van der Waals surface area contributed by atoms with Crippen LogP contribution in [-0.2, 0) is 17.8 Å². The van der Waals surface area contributed by atoms with Crippen LogP contribution >= 0.6 is 0 Å². The zero-order valence-corrected chi connectivity index (χ0v) is 18.3. The maximum absolute atomic E-state index is 13.0.